The van der Waals surface area contributed by atoms with Gasteiger partial charge in [-0.2, -0.15) is 5.26 Å². The first-order valence-corrected chi connectivity index (χ1v) is 39.4. The third kappa shape index (κ3) is 16.5. The second kappa shape index (κ2) is 35.2. The number of rotatable bonds is 16. The molecule has 0 radical (unpaired) electrons. The molecule has 0 amide bonds. The van der Waals surface area contributed by atoms with Crippen molar-refractivity contribution >= 4 is 49.8 Å². The smallest absolute Gasteiger partial charge is 0.176 e. The molecule has 20 aromatic rings. The van der Waals surface area contributed by atoms with Crippen LogP contribution in [-0.2, 0) is 17.8 Å². The van der Waals surface area contributed by atoms with E-state index in [2.05, 4.69) is 125 Å². The van der Waals surface area contributed by atoms with Crippen LogP contribution in [-0.4, -0.2) is 111 Å². The van der Waals surface area contributed by atoms with Gasteiger partial charge in [0, 0.05) is 170 Å². The van der Waals surface area contributed by atoms with E-state index in [1.54, 1.807) is 55.5 Å². The van der Waals surface area contributed by atoms with E-state index in [1.165, 1.54) is 84.4 Å². The summed E-state index contributed by atoms with van der Waals surface area (Å²) in [6.07, 6.45) is 19.5. The molecule has 12 aromatic heterocycles. The van der Waals surface area contributed by atoms with Gasteiger partial charge in [0.05, 0.1) is 71.9 Å². The van der Waals surface area contributed by atoms with Crippen LogP contribution in [0.4, 0.5) is 40.8 Å². The van der Waals surface area contributed by atoms with Gasteiger partial charge >= 0.3 is 0 Å². The van der Waals surface area contributed by atoms with E-state index < -0.39 is 46.5 Å². The molecule has 1 saturated heterocycles. The van der Waals surface area contributed by atoms with Gasteiger partial charge in [0.1, 0.15) is 22.6 Å². The zero-order valence-corrected chi connectivity index (χ0v) is 66.7. The number of hydrogen-bond donors (Lipinski definition) is 5. The number of nitriles is 1. The number of morpholine rings is 1. The van der Waals surface area contributed by atoms with Crippen molar-refractivity contribution in [3.8, 4) is 140 Å². The van der Waals surface area contributed by atoms with Gasteiger partial charge in [-0.3, -0.25) is 4.90 Å². The monoisotopic (exact) mass is 1690 g/mol. The number of anilines is 1. The molecule has 21 rings (SSSR count). The molecule has 0 atom stereocenters. The molecule has 21 nitrogen and oxygen atoms in total. The van der Waals surface area contributed by atoms with Gasteiger partial charge in [-0.1, -0.05) is 142 Å². The fourth-order valence-corrected chi connectivity index (χ4v) is 15.1. The summed E-state index contributed by atoms with van der Waals surface area (Å²) in [7, 11) is 4.07. The number of hydrogen-bond acceptors (Lipinski definition) is 17. The van der Waals surface area contributed by atoms with Crippen LogP contribution in [0.25, 0.3) is 178 Å². The highest BCUT2D eigenvalue weighted by atomic mass is 19.2. The van der Waals surface area contributed by atoms with Crippen LogP contribution in [0, 0.1) is 57.9 Å². The van der Waals surface area contributed by atoms with Gasteiger partial charge in [-0.05, 0) is 120 Å². The number of benzene rings is 8. The fraction of sp³-hybridized carbons (Fsp3) is 0.0825. The first-order chi connectivity index (χ1) is 61.4. The normalized spacial score (nSPS) is 12.2. The SMILES string of the molecule is CN(C)Cc1ccc(-c2cnc3[nH]cc(-c4oncc4-c4cccc(F)c4F)c3c2)cc1.Fc1cccc(-c2cnoc2-c2c[nH]c3ncc(-c4ccc(CN5CCOCC5)cc4)cc23)c1F.N#Cc1ccc(-c2cnc3[nH]cc(-c4oncc4-c4cccc(F)c4F)c3c2)cc1.Nc1ccc(-c2cnc3[nH]cc(-c4oncc4-c4cccc(F)c4F)c3c2)cc1. The number of pyridine rings is 4. The highest BCUT2D eigenvalue weighted by Gasteiger charge is 2.27. The summed E-state index contributed by atoms with van der Waals surface area (Å²) >= 11 is 0. The number of aromatic amines is 4. The lowest BCUT2D eigenvalue weighted by atomic mass is 10.00. The van der Waals surface area contributed by atoms with E-state index in [0.717, 1.165) is 130 Å². The number of fused-ring (bicyclic) bond motifs is 4. The van der Waals surface area contributed by atoms with Crippen LogP contribution in [0.5, 0.6) is 0 Å². The van der Waals surface area contributed by atoms with Gasteiger partial charge < -0.3 is 53.4 Å². The average Bonchev–Trinajstić information content (AvgIpc) is 1.63. The molecule has 1 aliphatic rings. The summed E-state index contributed by atoms with van der Waals surface area (Å²) in [5.74, 6) is -6.16. The van der Waals surface area contributed by atoms with Crippen molar-refractivity contribution in [1.82, 2.24) is 70.3 Å². The van der Waals surface area contributed by atoms with Crippen LogP contribution >= 0.6 is 0 Å². The van der Waals surface area contributed by atoms with Crippen LogP contribution in [0.15, 0.2) is 287 Å². The number of ether oxygens (including phenoxy) is 1. The molecule has 6 N–H and O–H groups in total. The average molecular weight is 1690 g/mol. The topological polar surface area (TPSA) is 284 Å². The zero-order valence-electron chi connectivity index (χ0n) is 66.7. The van der Waals surface area contributed by atoms with Gasteiger partial charge in [0.2, 0.25) is 0 Å². The lowest BCUT2D eigenvalue weighted by Crippen LogP contribution is -2.35. The van der Waals surface area contributed by atoms with Crippen molar-refractivity contribution in [1.29, 1.82) is 5.26 Å². The Kier molecular flexibility index (Phi) is 22.6. The Morgan fingerprint density at radius 3 is 0.952 bits per heavy atom. The Labute approximate surface area is 711 Å². The van der Waals surface area contributed by atoms with Crippen LogP contribution in [0.3, 0.4) is 0 Å². The standard InChI is InChI=1S/C27H22F2N4O2.C25H20F2N4O.C23H12F2N4O.C22H14F2N4O/c28-24-3-1-2-20(25(24)29)23-15-32-35-26(23)22-14-31-27-21(22)12-19(13-30-27)18-6-4-17(5-7-18)16-33-8-10-34-11-9-33;1-31(2)14-15-6-8-16(9-7-15)17-10-19-20(12-29-25(19)28-11-17)24-21(13-30-32-24)18-4-3-5-22(26)23(18)27;24-20-3-1-2-16(21(20)25)19-12-29-30-22(19)18-11-28-23-17(18)8-15(10-27-23)14-6-4-13(9-26)5-7-14;23-19-3-1-2-15(20(19)24)18-11-28-29-21(18)17-10-27-22-16(17)8-13(9-26-22)12-4-6-14(25)7-5-12/h1-7,12-15H,8-11,16H2,(H,30,31);3-13H,14H2,1-2H3,(H,28,29);1-8,10-12H,(H,27,28);1-11H,25H2,(H,26,27). The number of aromatic nitrogens is 12. The summed E-state index contributed by atoms with van der Waals surface area (Å²) in [6.45, 7) is 5.21. The summed E-state index contributed by atoms with van der Waals surface area (Å²) in [6, 6.07) is 57.4. The van der Waals surface area contributed by atoms with E-state index in [4.69, 9.17) is 33.8 Å². The summed E-state index contributed by atoms with van der Waals surface area (Å²) < 4.78 is 140. The highest BCUT2D eigenvalue weighted by molar-refractivity contribution is 6.02. The number of nitrogens with one attached hydrogen (secondary N) is 4. The molecule has 0 bridgehead atoms. The van der Waals surface area contributed by atoms with Crippen molar-refractivity contribution in [2.75, 3.05) is 46.1 Å². The molecular formula is C97H68F8N16O5. The minimum absolute atomic E-state index is 0.0665. The Morgan fingerprint density at radius 1 is 0.357 bits per heavy atom. The number of nitrogens with two attached hydrogens (primary N) is 1. The largest absolute Gasteiger partial charge is 0.399 e. The van der Waals surface area contributed by atoms with Crippen molar-refractivity contribution in [3.63, 3.8) is 0 Å². The van der Waals surface area contributed by atoms with Gasteiger partial charge in [0.15, 0.2) is 69.6 Å². The molecule has 1 aliphatic heterocycles. The second-order valence-corrected chi connectivity index (χ2v) is 29.8. The van der Waals surface area contributed by atoms with Crippen LogP contribution in [0.1, 0.15) is 16.7 Å². The highest BCUT2D eigenvalue weighted by Crippen LogP contribution is 2.44. The molecule has 1 fully saturated rings. The van der Waals surface area contributed by atoms with E-state index in [0.29, 0.717) is 101 Å². The molecule has 0 aliphatic carbocycles. The molecule has 622 valence electrons. The lowest BCUT2D eigenvalue weighted by molar-refractivity contribution is 0.0342. The second-order valence-electron chi connectivity index (χ2n) is 29.8. The number of nitrogens with zero attached hydrogens (tertiary/aromatic N) is 11. The molecule has 0 spiro atoms. The summed E-state index contributed by atoms with van der Waals surface area (Å²) in [5.41, 5.74) is 24.0. The summed E-state index contributed by atoms with van der Waals surface area (Å²) in [4.78, 5) is 34.9. The Bertz CT molecular complexity index is 7410. The minimum Gasteiger partial charge on any atom is -0.399 e. The van der Waals surface area contributed by atoms with Gasteiger partial charge in [-0.25, -0.2) is 55.1 Å². The van der Waals surface area contributed by atoms with Crippen LogP contribution in [0.2, 0.25) is 0 Å². The van der Waals surface area contributed by atoms with E-state index in [9.17, 15) is 35.1 Å². The zero-order chi connectivity index (χ0) is 86.6. The Hall–Kier alpha value is -16.0. The molecule has 8 aromatic carbocycles. The first kappa shape index (κ1) is 81.0. The fourth-order valence-electron chi connectivity index (χ4n) is 15.1. The van der Waals surface area contributed by atoms with Crippen LogP contribution < -0.4 is 5.73 Å². The van der Waals surface area contributed by atoms with E-state index in [-0.39, 0.29) is 22.3 Å². The van der Waals surface area contributed by atoms with Gasteiger partial charge in [0.25, 0.3) is 0 Å². The number of halogens is 8. The van der Waals surface area contributed by atoms with Crippen molar-refractivity contribution in [3.05, 3.63) is 332 Å². The molecular weight excluding hydrogens is 1620 g/mol. The maximum atomic E-state index is 14.5. The van der Waals surface area contributed by atoms with Gasteiger partial charge in [-0.15, -0.1) is 0 Å². The predicted octanol–water partition coefficient (Wildman–Crippen LogP) is 22.7. The lowest BCUT2D eigenvalue weighted by Gasteiger charge is -2.26. The molecule has 0 unspecified atom stereocenters. The molecule has 126 heavy (non-hydrogen) atoms. The third-order valence-corrected chi connectivity index (χ3v) is 21.5. The molecule has 29 heteroatoms. The van der Waals surface area contributed by atoms with Crippen molar-refractivity contribution in [2.24, 2.45) is 0 Å². The quantitative estimate of drug-likeness (QED) is 0.0444. The number of nitrogen functional groups attached to an aromatic ring is 1. The van der Waals surface area contributed by atoms with Crippen molar-refractivity contribution in [2.45, 2.75) is 13.1 Å². The van der Waals surface area contributed by atoms with E-state index in [1.807, 2.05) is 81.0 Å². The molecule has 13 heterocycles. The number of H-pyrrole nitrogens is 4. The minimum atomic E-state index is -0.960. The maximum absolute atomic E-state index is 14.5. The first-order valence-electron chi connectivity index (χ1n) is 39.4. The Morgan fingerprint density at radius 2 is 0.651 bits per heavy atom. The molecule has 0 saturated carbocycles. The van der Waals surface area contributed by atoms with E-state index >= 15 is 0 Å². The summed E-state index contributed by atoms with van der Waals surface area (Å²) in [5, 5.41) is 27.4. The predicted molar refractivity (Wildman–Crippen MR) is 462 cm³/mol. The Balaban J connectivity index is 0.000000114. The third-order valence-electron chi connectivity index (χ3n) is 21.5. The van der Waals surface area contributed by atoms with Crippen molar-refractivity contribution < 1.29 is 58.0 Å². The maximum Gasteiger partial charge on any atom is 0.176 e.